The van der Waals surface area contributed by atoms with Crippen LogP contribution < -0.4 is 11.1 Å². The van der Waals surface area contributed by atoms with Gasteiger partial charge in [-0.2, -0.15) is 0 Å². The van der Waals surface area contributed by atoms with E-state index in [9.17, 15) is 23.3 Å². The summed E-state index contributed by atoms with van der Waals surface area (Å²) in [5, 5.41) is 14.2. The molecule has 1 aliphatic rings. The summed E-state index contributed by atoms with van der Waals surface area (Å²) in [7, 11) is -3.54. The number of nitrogens with zero attached hydrogens (tertiary/aromatic N) is 1. The number of rotatable bonds is 5. The second-order valence-electron chi connectivity index (χ2n) is 5.75. The smallest absolute Gasteiger partial charge is 0.293 e. The minimum absolute atomic E-state index is 0.121. The fourth-order valence-electron chi connectivity index (χ4n) is 2.86. The van der Waals surface area contributed by atoms with Crippen LogP contribution in [0.4, 0.5) is 11.4 Å². The molecule has 1 aliphatic carbocycles. The van der Waals surface area contributed by atoms with Crippen molar-refractivity contribution in [3.05, 3.63) is 28.3 Å². The highest BCUT2D eigenvalue weighted by Crippen LogP contribution is 2.32. The van der Waals surface area contributed by atoms with Crippen molar-refractivity contribution in [1.29, 1.82) is 0 Å². The zero-order chi connectivity index (χ0) is 17.2. The van der Waals surface area contributed by atoms with Crippen molar-refractivity contribution in [3.8, 4) is 0 Å². The maximum absolute atomic E-state index is 11.5. The molecule has 126 valence electrons. The van der Waals surface area contributed by atoms with Crippen LogP contribution in [0.15, 0.2) is 23.1 Å². The van der Waals surface area contributed by atoms with Crippen molar-refractivity contribution in [2.24, 2.45) is 11.7 Å². The molecule has 9 heteroatoms. The van der Waals surface area contributed by atoms with E-state index in [2.05, 4.69) is 5.32 Å². The van der Waals surface area contributed by atoms with Gasteiger partial charge in [-0.15, -0.1) is 0 Å². The maximum Gasteiger partial charge on any atom is 0.293 e. The van der Waals surface area contributed by atoms with Crippen LogP contribution in [0.2, 0.25) is 0 Å². The van der Waals surface area contributed by atoms with Gasteiger partial charge in [-0.3, -0.25) is 14.9 Å². The molecule has 1 amide bonds. The van der Waals surface area contributed by atoms with E-state index in [1.807, 2.05) is 0 Å². The summed E-state index contributed by atoms with van der Waals surface area (Å²) in [4.78, 5) is 22.0. The molecule has 0 aliphatic heterocycles. The minimum Gasteiger partial charge on any atom is -0.376 e. The molecule has 1 aromatic rings. The SMILES string of the molecule is CS(=O)(=O)c1ccc(NC2CCCCC2C(N)=O)c([N+](=O)[O-])c1. The molecule has 0 heterocycles. The van der Waals surface area contributed by atoms with Gasteiger partial charge in [0, 0.05) is 18.4 Å². The van der Waals surface area contributed by atoms with Gasteiger partial charge in [0.2, 0.25) is 5.91 Å². The van der Waals surface area contributed by atoms with Crippen LogP contribution in [0, 0.1) is 16.0 Å². The number of carbonyl (C=O) groups excluding carboxylic acids is 1. The van der Waals surface area contributed by atoms with Crippen molar-refractivity contribution < 1.29 is 18.1 Å². The summed E-state index contributed by atoms with van der Waals surface area (Å²) in [6.45, 7) is 0. The van der Waals surface area contributed by atoms with E-state index >= 15 is 0 Å². The monoisotopic (exact) mass is 341 g/mol. The van der Waals surface area contributed by atoms with Crippen LogP contribution in [0.25, 0.3) is 0 Å². The largest absolute Gasteiger partial charge is 0.376 e. The third-order valence-electron chi connectivity index (χ3n) is 4.07. The van der Waals surface area contributed by atoms with E-state index in [0.29, 0.717) is 12.8 Å². The van der Waals surface area contributed by atoms with Gasteiger partial charge >= 0.3 is 0 Å². The second kappa shape index (κ2) is 6.53. The average Bonchev–Trinajstić information content (AvgIpc) is 2.46. The summed E-state index contributed by atoms with van der Waals surface area (Å²) < 4.78 is 23.1. The minimum atomic E-state index is -3.54. The molecule has 0 bridgehead atoms. The van der Waals surface area contributed by atoms with Crippen LogP contribution in [-0.4, -0.2) is 31.5 Å². The number of nitro benzene ring substituents is 1. The van der Waals surface area contributed by atoms with Crippen molar-refractivity contribution in [2.45, 2.75) is 36.6 Å². The lowest BCUT2D eigenvalue weighted by atomic mass is 9.84. The van der Waals surface area contributed by atoms with Crippen LogP contribution >= 0.6 is 0 Å². The van der Waals surface area contributed by atoms with Gasteiger partial charge in [-0.25, -0.2) is 8.42 Å². The highest BCUT2D eigenvalue weighted by molar-refractivity contribution is 7.90. The Morgan fingerprint density at radius 1 is 1.35 bits per heavy atom. The summed E-state index contributed by atoms with van der Waals surface area (Å²) in [5.41, 5.74) is 5.26. The molecule has 0 saturated heterocycles. The zero-order valence-corrected chi connectivity index (χ0v) is 13.5. The molecule has 0 aromatic heterocycles. The highest BCUT2D eigenvalue weighted by Gasteiger charge is 2.31. The van der Waals surface area contributed by atoms with Gasteiger partial charge < -0.3 is 11.1 Å². The van der Waals surface area contributed by atoms with Gasteiger partial charge in [0.05, 0.1) is 15.7 Å². The molecule has 2 atom stereocenters. The van der Waals surface area contributed by atoms with E-state index < -0.39 is 26.6 Å². The van der Waals surface area contributed by atoms with Gasteiger partial charge in [0.1, 0.15) is 5.69 Å². The predicted octanol–water partition coefficient (Wildman–Crippen LogP) is 1.45. The fraction of sp³-hybridized carbons (Fsp3) is 0.500. The topological polar surface area (TPSA) is 132 Å². The Morgan fingerprint density at radius 3 is 2.57 bits per heavy atom. The molecule has 1 saturated carbocycles. The molecule has 0 radical (unpaired) electrons. The van der Waals surface area contributed by atoms with Crippen LogP contribution in [0.5, 0.6) is 0 Å². The number of benzene rings is 1. The fourth-order valence-corrected chi connectivity index (χ4v) is 3.50. The number of nitrogens with two attached hydrogens (primary N) is 1. The number of anilines is 1. The Labute approximate surface area is 134 Å². The summed E-state index contributed by atoms with van der Waals surface area (Å²) in [5.74, 6) is -0.824. The summed E-state index contributed by atoms with van der Waals surface area (Å²) in [6.07, 6.45) is 4.10. The lowest BCUT2D eigenvalue weighted by molar-refractivity contribution is -0.384. The standard InChI is InChI=1S/C14H19N3O5S/c1-23(21,22)9-6-7-12(13(8-9)17(19)20)16-11-5-3-2-4-10(11)14(15)18/h6-8,10-11,16H,2-5H2,1H3,(H2,15,18). The molecule has 2 unspecified atom stereocenters. The first-order valence-corrected chi connectivity index (χ1v) is 9.13. The second-order valence-corrected chi connectivity index (χ2v) is 7.77. The quantitative estimate of drug-likeness (QED) is 0.615. The Hall–Kier alpha value is -2.16. The molecule has 8 nitrogen and oxygen atoms in total. The number of nitro groups is 1. The third-order valence-corrected chi connectivity index (χ3v) is 5.18. The molecule has 2 rings (SSSR count). The van der Waals surface area contributed by atoms with Gasteiger partial charge in [-0.05, 0) is 25.0 Å². The van der Waals surface area contributed by atoms with E-state index in [-0.39, 0.29) is 22.3 Å². The Balaban J connectivity index is 2.35. The molecule has 3 N–H and O–H groups in total. The molecule has 0 spiro atoms. The zero-order valence-electron chi connectivity index (χ0n) is 12.7. The number of primary amides is 1. The van der Waals surface area contributed by atoms with E-state index in [0.717, 1.165) is 25.2 Å². The molecular formula is C14H19N3O5S. The van der Waals surface area contributed by atoms with Crippen molar-refractivity contribution in [2.75, 3.05) is 11.6 Å². The van der Waals surface area contributed by atoms with E-state index in [4.69, 9.17) is 5.73 Å². The Bertz CT molecular complexity index is 732. The molecule has 1 aromatic carbocycles. The first kappa shape index (κ1) is 17.2. The van der Waals surface area contributed by atoms with E-state index in [1.54, 1.807) is 0 Å². The number of hydrogen-bond acceptors (Lipinski definition) is 6. The first-order chi connectivity index (χ1) is 10.7. The Kier molecular flexibility index (Phi) is 4.88. The predicted molar refractivity (Wildman–Crippen MR) is 84.8 cm³/mol. The lowest BCUT2D eigenvalue weighted by Gasteiger charge is -2.30. The number of hydrogen-bond donors (Lipinski definition) is 2. The summed E-state index contributed by atoms with van der Waals surface area (Å²) in [6, 6.07) is 3.41. The van der Waals surface area contributed by atoms with E-state index in [1.165, 1.54) is 12.1 Å². The number of carbonyl (C=O) groups is 1. The van der Waals surface area contributed by atoms with Crippen molar-refractivity contribution >= 4 is 27.1 Å². The highest BCUT2D eigenvalue weighted by atomic mass is 32.2. The molecular weight excluding hydrogens is 322 g/mol. The van der Waals surface area contributed by atoms with Crippen LogP contribution in [0.1, 0.15) is 25.7 Å². The van der Waals surface area contributed by atoms with Crippen LogP contribution in [0.3, 0.4) is 0 Å². The van der Waals surface area contributed by atoms with Crippen molar-refractivity contribution in [3.63, 3.8) is 0 Å². The number of amides is 1. The third kappa shape index (κ3) is 3.98. The Morgan fingerprint density at radius 2 is 2.00 bits per heavy atom. The van der Waals surface area contributed by atoms with Gasteiger partial charge in [0.25, 0.3) is 5.69 Å². The van der Waals surface area contributed by atoms with Crippen LogP contribution in [-0.2, 0) is 14.6 Å². The maximum atomic E-state index is 11.5. The number of sulfone groups is 1. The summed E-state index contributed by atoms with van der Waals surface area (Å²) >= 11 is 0. The molecule has 23 heavy (non-hydrogen) atoms. The van der Waals surface area contributed by atoms with Crippen molar-refractivity contribution in [1.82, 2.24) is 0 Å². The normalized spacial score (nSPS) is 21.6. The van der Waals surface area contributed by atoms with Gasteiger partial charge in [0.15, 0.2) is 9.84 Å². The lowest BCUT2D eigenvalue weighted by Crippen LogP contribution is -2.40. The van der Waals surface area contributed by atoms with Gasteiger partial charge in [-0.1, -0.05) is 12.8 Å². The average molecular weight is 341 g/mol. The molecule has 1 fully saturated rings. The first-order valence-electron chi connectivity index (χ1n) is 7.24. The number of nitrogens with one attached hydrogen (secondary N) is 1.